The van der Waals surface area contributed by atoms with Gasteiger partial charge in [-0.3, -0.25) is 4.79 Å². The van der Waals surface area contributed by atoms with Gasteiger partial charge in [-0.25, -0.2) is 4.39 Å². The Bertz CT molecular complexity index is 373. The molecule has 1 amide bonds. The summed E-state index contributed by atoms with van der Waals surface area (Å²) in [5.41, 5.74) is 0. The van der Waals surface area contributed by atoms with Crippen LogP contribution in [0.4, 0.5) is 4.39 Å². The van der Waals surface area contributed by atoms with Gasteiger partial charge in [0.15, 0.2) is 0 Å². The lowest BCUT2D eigenvalue weighted by molar-refractivity contribution is -0.118. The van der Waals surface area contributed by atoms with Crippen LogP contribution < -0.4 is 5.32 Å². The largest absolute Gasteiger partial charge is 0.396 e. The Morgan fingerprint density at radius 1 is 1.26 bits per heavy atom. The molecule has 1 aromatic rings. The molecule has 0 unspecified atom stereocenters. The zero-order chi connectivity index (χ0) is 13.9. The molecule has 0 aliphatic carbocycles. The third kappa shape index (κ3) is 8.13. The molecule has 0 fully saturated rings. The molecule has 0 spiro atoms. The molecule has 0 aromatic heterocycles. The topological polar surface area (TPSA) is 49.3 Å². The summed E-state index contributed by atoms with van der Waals surface area (Å²) in [6, 6.07) is 6.10. The van der Waals surface area contributed by atoms with E-state index in [2.05, 4.69) is 5.32 Å². The maximum atomic E-state index is 12.7. The standard InChI is InChI=1S/C13H18FNO2S2/c14-11-2-4-12(5-3-11)19-10-13(17)15-6-9-18-8-1-7-16/h2-5,16H,1,6-10H2,(H,15,17). The van der Waals surface area contributed by atoms with Gasteiger partial charge in [-0.2, -0.15) is 11.8 Å². The summed E-state index contributed by atoms with van der Waals surface area (Å²) in [6.45, 7) is 0.854. The van der Waals surface area contributed by atoms with E-state index in [4.69, 9.17) is 5.11 Å². The van der Waals surface area contributed by atoms with Gasteiger partial charge in [-0.05, 0) is 36.4 Å². The normalized spacial score (nSPS) is 10.4. The summed E-state index contributed by atoms with van der Waals surface area (Å²) >= 11 is 3.10. The third-order valence-electron chi connectivity index (χ3n) is 2.20. The predicted molar refractivity (Wildman–Crippen MR) is 79.2 cm³/mol. The van der Waals surface area contributed by atoms with Crippen LogP contribution in [-0.2, 0) is 4.79 Å². The summed E-state index contributed by atoms with van der Waals surface area (Å²) in [7, 11) is 0. The smallest absolute Gasteiger partial charge is 0.230 e. The highest BCUT2D eigenvalue weighted by molar-refractivity contribution is 8.00. The highest BCUT2D eigenvalue weighted by atomic mass is 32.2. The lowest BCUT2D eigenvalue weighted by Crippen LogP contribution is -2.27. The van der Waals surface area contributed by atoms with Crippen LogP contribution >= 0.6 is 23.5 Å². The molecule has 106 valence electrons. The van der Waals surface area contributed by atoms with Gasteiger partial charge >= 0.3 is 0 Å². The van der Waals surface area contributed by atoms with Crippen molar-refractivity contribution >= 4 is 29.4 Å². The van der Waals surface area contributed by atoms with E-state index in [1.807, 2.05) is 0 Å². The zero-order valence-electron chi connectivity index (χ0n) is 10.6. The van der Waals surface area contributed by atoms with E-state index in [0.29, 0.717) is 12.3 Å². The van der Waals surface area contributed by atoms with E-state index in [9.17, 15) is 9.18 Å². The van der Waals surface area contributed by atoms with Gasteiger partial charge in [0.25, 0.3) is 0 Å². The van der Waals surface area contributed by atoms with Crippen LogP contribution in [0.25, 0.3) is 0 Å². The number of rotatable bonds is 9. The van der Waals surface area contributed by atoms with Crippen molar-refractivity contribution in [2.24, 2.45) is 0 Å². The van der Waals surface area contributed by atoms with Crippen molar-refractivity contribution < 1.29 is 14.3 Å². The first-order valence-corrected chi connectivity index (χ1v) is 8.20. The number of amides is 1. The Kier molecular flexibility index (Phi) is 8.69. The van der Waals surface area contributed by atoms with Crippen LogP contribution in [0.3, 0.4) is 0 Å². The number of aliphatic hydroxyl groups is 1. The Labute approximate surface area is 121 Å². The minimum atomic E-state index is -0.270. The number of thioether (sulfide) groups is 2. The van der Waals surface area contributed by atoms with Crippen molar-refractivity contribution in [2.75, 3.05) is 30.4 Å². The molecule has 0 bridgehead atoms. The van der Waals surface area contributed by atoms with Crippen molar-refractivity contribution in [1.29, 1.82) is 0 Å². The number of aliphatic hydroxyl groups excluding tert-OH is 1. The first-order chi connectivity index (χ1) is 9.22. The summed E-state index contributed by atoms with van der Waals surface area (Å²) < 4.78 is 12.7. The van der Waals surface area contributed by atoms with Crippen LogP contribution in [0.15, 0.2) is 29.2 Å². The molecular formula is C13H18FNO2S2. The van der Waals surface area contributed by atoms with E-state index in [0.717, 1.165) is 22.8 Å². The maximum absolute atomic E-state index is 12.7. The van der Waals surface area contributed by atoms with Gasteiger partial charge in [0.05, 0.1) is 5.75 Å². The molecule has 0 saturated heterocycles. The lowest BCUT2D eigenvalue weighted by atomic mass is 10.4. The molecule has 3 nitrogen and oxygen atoms in total. The molecule has 0 saturated carbocycles. The highest BCUT2D eigenvalue weighted by Crippen LogP contribution is 2.17. The number of carbonyl (C=O) groups excluding carboxylic acids is 1. The van der Waals surface area contributed by atoms with Gasteiger partial charge in [0.2, 0.25) is 5.91 Å². The number of hydrogen-bond donors (Lipinski definition) is 2. The van der Waals surface area contributed by atoms with Crippen molar-refractivity contribution in [1.82, 2.24) is 5.32 Å². The van der Waals surface area contributed by atoms with Gasteiger partial charge in [-0.1, -0.05) is 0 Å². The molecule has 0 aliphatic rings. The minimum absolute atomic E-state index is 0.0166. The van der Waals surface area contributed by atoms with Crippen molar-refractivity contribution in [3.63, 3.8) is 0 Å². The minimum Gasteiger partial charge on any atom is -0.396 e. The van der Waals surface area contributed by atoms with Gasteiger partial charge in [0.1, 0.15) is 5.82 Å². The average Bonchev–Trinajstić information content (AvgIpc) is 2.42. The van der Waals surface area contributed by atoms with Crippen LogP contribution in [-0.4, -0.2) is 41.4 Å². The number of benzene rings is 1. The first kappa shape index (κ1) is 16.3. The van der Waals surface area contributed by atoms with Crippen LogP contribution in [0.1, 0.15) is 6.42 Å². The van der Waals surface area contributed by atoms with Crippen LogP contribution in [0.2, 0.25) is 0 Å². The SMILES string of the molecule is O=C(CSc1ccc(F)cc1)NCCSCCCO. The Morgan fingerprint density at radius 2 is 2.00 bits per heavy atom. The summed E-state index contributed by atoms with van der Waals surface area (Å²) in [6.07, 6.45) is 0.791. The van der Waals surface area contributed by atoms with Crippen molar-refractivity contribution in [3.8, 4) is 0 Å². The van der Waals surface area contributed by atoms with E-state index in [1.54, 1.807) is 23.9 Å². The number of hydrogen-bond acceptors (Lipinski definition) is 4. The molecule has 6 heteroatoms. The Hall–Kier alpha value is -0.720. The quantitative estimate of drug-likeness (QED) is 0.542. The highest BCUT2D eigenvalue weighted by Gasteiger charge is 2.02. The first-order valence-electron chi connectivity index (χ1n) is 6.06. The van der Waals surface area contributed by atoms with E-state index in [1.165, 1.54) is 23.9 Å². The predicted octanol–water partition coefficient (Wildman–Crippen LogP) is 2.15. The maximum Gasteiger partial charge on any atom is 0.230 e. The molecule has 1 aromatic carbocycles. The van der Waals surface area contributed by atoms with Gasteiger partial charge < -0.3 is 10.4 Å². The van der Waals surface area contributed by atoms with E-state index in [-0.39, 0.29) is 18.3 Å². The summed E-state index contributed by atoms with van der Waals surface area (Å²) in [5.74, 6) is 1.82. The molecule has 19 heavy (non-hydrogen) atoms. The molecule has 0 aliphatic heterocycles. The number of halogens is 1. The molecular weight excluding hydrogens is 285 g/mol. The fourth-order valence-electron chi connectivity index (χ4n) is 1.26. The number of carbonyl (C=O) groups is 1. The van der Waals surface area contributed by atoms with E-state index < -0.39 is 0 Å². The average molecular weight is 303 g/mol. The molecule has 0 heterocycles. The summed E-state index contributed by atoms with van der Waals surface area (Å²) in [5, 5.41) is 11.4. The van der Waals surface area contributed by atoms with Gasteiger partial charge in [-0.15, -0.1) is 11.8 Å². The lowest BCUT2D eigenvalue weighted by Gasteiger charge is -2.05. The second kappa shape index (κ2) is 10.1. The zero-order valence-corrected chi connectivity index (χ0v) is 12.2. The number of nitrogens with one attached hydrogen (secondary N) is 1. The molecule has 0 atom stereocenters. The summed E-state index contributed by atoms with van der Waals surface area (Å²) in [4.78, 5) is 12.4. The fraction of sp³-hybridized carbons (Fsp3) is 0.462. The molecule has 1 rings (SSSR count). The molecule has 2 N–H and O–H groups in total. The van der Waals surface area contributed by atoms with Crippen LogP contribution in [0, 0.1) is 5.82 Å². The third-order valence-corrected chi connectivity index (χ3v) is 4.28. The van der Waals surface area contributed by atoms with E-state index >= 15 is 0 Å². The second-order valence-electron chi connectivity index (χ2n) is 3.78. The molecule has 0 radical (unpaired) electrons. The van der Waals surface area contributed by atoms with Crippen molar-refractivity contribution in [2.45, 2.75) is 11.3 Å². The second-order valence-corrected chi connectivity index (χ2v) is 6.06. The fourth-order valence-corrected chi connectivity index (χ4v) is 2.77. The Balaban J connectivity index is 2.06. The van der Waals surface area contributed by atoms with Crippen LogP contribution in [0.5, 0.6) is 0 Å². The van der Waals surface area contributed by atoms with Gasteiger partial charge in [0, 0.05) is 23.8 Å². The Morgan fingerprint density at radius 3 is 2.68 bits per heavy atom. The van der Waals surface area contributed by atoms with Crippen molar-refractivity contribution in [3.05, 3.63) is 30.1 Å². The monoisotopic (exact) mass is 303 g/mol.